The van der Waals surface area contributed by atoms with Crippen molar-refractivity contribution >= 4 is 0 Å². The van der Waals surface area contributed by atoms with Gasteiger partial charge in [0.15, 0.2) is 0 Å². The van der Waals surface area contributed by atoms with Gasteiger partial charge in [0.1, 0.15) is 0 Å². The van der Waals surface area contributed by atoms with Gasteiger partial charge in [0.05, 0.1) is 0 Å². The molecule has 0 bridgehead atoms. The van der Waals surface area contributed by atoms with Crippen molar-refractivity contribution in [2.75, 3.05) is 0 Å². The first-order chi connectivity index (χ1) is 6.76. The van der Waals surface area contributed by atoms with Crippen LogP contribution in [0.4, 0.5) is 0 Å². The third-order valence-corrected chi connectivity index (χ3v) is 3.30. The second kappa shape index (κ2) is 6.09. The van der Waals surface area contributed by atoms with Crippen molar-refractivity contribution in [2.45, 2.75) is 64.5 Å². The first kappa shape index (κ1) is 11.6. The number of rotatable bonds is 4. The van der Waals surface area contributed by atoms with Crippen molar-refractivity contribution in [1.29, 1.82) is 0 Å². The molecule has 1 aliphatic rings. The fourth-order valence-corrected chi connectivity index (χ4v) is 2.45. The van der Waals surface area contributed by atoms with Crippen LogP contribution in [0.3, 0.4) is 0 Å². The third-order valence-electron chi connectivity index (χ3n) is 3.30. The molecule has 1 aliphatic carbocycles. The Morgan fingerprint density at radius 3 is 2.93 bits per heavy atom. The second-order valence-corrected chi connectivity index (χ2v) is 4.61. The average Bonchev–Trinajstić information content (AvgIpc) is 2.18. The predicted octanol–water partition coefficient (Wildman–Crippen LogP) is 2.96. The van der Waals surface area contributed by atoms with Gasteiger partial charge in [0.2, 0.25) is 0 Å². The summed E-state index contributed by atoms with van der Waals surface area (Å²) in [5.74, 6) is 3.66. The molecule has 1 fully saturated rings. The lowest BCUT2D eigenvalue weighted by molar-refractivity contribution is 0.266. The maximum Gasteiger partial charge on any atom is 0.0238 e. The monoisotopic (exact) mass is 193 g/mol. The minimum Gasteiger partial charge on any atom is -0.311 e. The van der Waals surface area contributed by atoms with Gasteiger partial charge < -0.3 is 5.32 Å². The molecular weight excluding hydrogens is 170 g/mol. The summed E-state index contributed by atoms with van der Waals surface area (Å²) in [6.45, 7) is 4.49. The van der Waals surface area contributed by atoms with E-state index in [9.17, 15) is 0 Å². The maximum absolute atomic E-state index is 5.30. The van der Waals surface area contributed by atoms with Crippen LogP contribution in [-0.4, -0.2) is 12.1 Å². The van der Waals surface area contributed by atoms with Gasteiger partial charge in [-0.1, -0.05) is 26.2 Å². The fraction of sp³-hybridized carbons (Fsp3) is 0.846. The van der Waals surface area contributed by atoms with E-state index in [-0.39, 0.29) is 0 Å². The highest BCUT2D eigenvalue weighted by Gasteiger charge is 2.21. The summed E-state index contributed by atoms with van der Waals surface area (Å²) < 4.78 is 0. The van der Waals surface area contributed by atoms with E-state index >= 15 is 0 Å². The minimum absolute atomic E-state index is 0.487. The summed E-state index contributed by atoms with van der Waals surface area (Å²) in [6, 6.07) is 1.21. The summed E-state index contributed by atoms with van der Waals surface area (Å²) >= 11 is 0. The average molecular weight is 193 g/mol. The fourth-order valence-electron chi connectivity index (χ4n) is 2.45. The van der Waals surface area contributed by atoms with E-state index in [2.05, 4.69) is 25.1 Å². The minimum atomic E-state index is 0.487. The zero-order chi connectivity index (χ0) is 10.4. The van der Waals surface area contributed by atoms with Crippen LogP contribution < -0.4 is 5.32 Å². The third kappa shape index (κ3) is 3.72. The van der Waals surface area contributed by atoms with Crippen molar-refractivity contribution in [3.63, 3.8) is 0 Å². The van der Waals surface area contributed by atoms with Crippen LogP contribution in [0.25, 0.3) is 0 Å². The molecule has 0 aromatic heterocycles. The SMILES string of the molecule is C#CCC(C)NC1CCCC(CC)C1. The van der Waals surface area contributed by atoms with E-state index in [0.29, 0.717) is 6.04 Å². The van der Waals surface area contributed by atoms with Crippen LogP contribution in [0.2, 0.25) is 0 Å². The summed E-state index contributed by atoms with van der Waals surface area (Å²) in [5, 5.41) is 3.64. The normalized spacial score (nSPS) is 29.5. The molecule has 0 spiro atoms. The van der Waals surface area contributed by atoms with Gasteiger partial charge in [-0.05, 0) is 25.7 Å². The number of nitrogens with one attached hydrogen (secondary N) is 1. The Balaban J connectivity index is 2.27. The van der Waals surface area contributed by atoms with Gasteiger partial charge in [0.25, 0.3) is 0 Å². The number of terminal acetylenes is 1. The van der Waals surface area contributed by atoms with Crippen LogP contribution in [0, 0.1) is 18.3 Å². The molecule has 3 unspecified atom stereocenters. The van der Waals surface area contributed by atoms with Crippen LogP contribution >= 0.6 is 0 Å². The molecule has 1 heteroatoms. The Morgan fingerprint density at radius 1 is 1.50 bits per heavy atom. The highest BCUT2D eigenvalue weighted by atomic mass is 14.9. The van der Waals surface area contributed by atoms with Gasteiger partial charge in [-0.25, -0.2) is 0 Å². The lowest BCUT2D eigenvalue weighted by atomic mass is 9.84. The first-order valence-electron chi connectivity index (χ1n) is 5.95. The molecule has 1 rings (SSSR count). The van der Waals surface area contributed by atoms with Crippen LogP contribution in [-0.2, 0) is 0 Å². The van der Waals surface area contributed by atoms with Gasteiger partial charge in [-0.15, -0.1) is 12.3 Å². The molecule has 14 heavy (non-hydrogen) atoms. The van der Waals surface area contributed by atoms with Crippen LogP contribution in [0.5, 0.6) is 0 Å². The van der Waals surface area contributed by atoms with Gasteiger partial charge in [-0.2, -0.15) is 0 Å². The topological polar surface area (TPSA) is 12.0 Å². The molecule has 0 aromatic rings. The zero-order valence-electron chi connectivity index (χ0n) is 9.55. The number of hydrogen-bond donors (Lipinski definition) is 1. The van der Waals surface area contributed by atoms with E-state index in [1.165, 1.54) is 32.1 Å². The van der Waals surface area contributed by atoms with Gasteiger partial charge >= 0.3 is 0 Å². The summed E-state index contributed by atoms with van der Waals surface area (Å²) in [5.41, 5.74) is 0. The molecular formula is C13H23N. The largest absolute Gasteiger partial charge is 0.311 e. The molecule has 3 atom stereocenters. The van der Waals surface area contributed by atoms with E-state index in [1.54, 1.807) is 0 Å². The molecule has 80 valence electrons. The molecule has 0 radical (unpaired) electrons. The van der Waals surface area contributed by atoms with Gasteiger partial charge in [0, 0.05) is 18.5 Å². The maximum atomic E-state index is 5.30. The summed E-state index contributed by atoms with van der Waals surface area (Å²) in [6.07, 6.45) is 13.0. The molecule has 1 nitrogen and oxygen atoms in total. The Morgan fingerprint density at radius 2 is 2.29 bits per heavy atom. The molecule has 1 N–H and O–H groups in total. The molecule has 0 aromatic carbocycles. The Kier molecular flexibility index (Phi) is 5.04. The van der Waals surface area contributed by atoms with Crippen molar-refractivity contribution in [3.05, 3.63) is 0 Å². The molecule has 0 amide bonds. The Bertz CT molecular complexity index is 192. The smallest absolute Gasteiger partial charge is 0.0238 e. The van der Waals surface area contributed by atoms with Crippen molar-refractivity contribution in [2.24, 2.45) is 5.92 Å². The van der Waals surface area contributed by atoms with E-state index in [1.807, 2.05) is 0 Å². The number of hydrogen-bond acceptors (Lipinski definition) is 1. The zero-order valence-corrected chi connectivity index (χ0v) is 9.55. The first-order valence-corrected chi connectivity index (χ1v) is 5.95. The van der Waals surface area contributed by atoms with Crippen molar-refractivity contribution in [3.8, 4) is 12.3 Å². The van der Waals surface area contributed by atoms with E-state index in [4.69, 9.17) is 6.42 Å². The van der Waals surface area contributed by atoms with Crippen molar-refractivity contribution < 1.29 is 0 Å². The molecule has 0 aliphatic heterocycles. The van der Waals surface area contributed by atoms with Crippen molar-refractivity contribution in [1.82, 2.24) is 5.32 Å². The predicted molar refractivity (Wildman–Crippen MR) is 62.1 cm³/mol. The highest BCUT2D eigenvalue weighted by Crippen LogP contribution is 2.26. The molecule has 0 heterocycles. The lowest BCUT2D eigenvalue weighted by Gasteiger charge is -2.31. The standard InChI is InChI=1S/C13H23N/c1-4-7-11(3)14-13-9-6-8-12(5-2)10-13/h1,11-14H,5-10H2,2-3H3. The Labute approximate surface area is 88.7 Å². The highest BCUT2D eigenvalue weighted by molar-refractivity contribution is 4.90. The molecule has 0 saturated heterocycles. The van der Waals surface area contributed by atoms with Crippen LogP contribution in [0.15, 0.2) is 0 Å². The quantitative estimate of drug-likeness (QED) is 0.677. The second-order valence-electron chi connectivity index (χ2n) is 4.61. The van der Waals surface area contributed by atoms with E-state index < -0.39 is 0 Å². The summed E-state index contributed by atoms with van der Waals surface area (Å²) in [4.78, 5) is 0. The Hall–Kier alpha value is -0.480. The van der Waals surface area contributed by atoms with Gasteiger partial charge in [-0.3, -0.25) is 0 Å². The molecule has 1 saturated carbocycles. The van der Waals surface area contributed by atoms with Crippen LogP contribution in [0.1, 0.15) is 52.4 Å². The lowest BCUT2D eigenvalue weighted by Crippen LogP contribution is -2.39. The van der Waals surface area contributed by atoms with E-state index in [0.717, 1.165) is 18.4 Å². The summed E-state index contributed by atoms with van der Waals surface area (Å²) in [7, 11) is 0.